The van der Waals surface area contributed by atoms with Gasteiger partial charge in [0.25, 0.3) is 0 Å². The van der Waals surface area contributed by atoms with E-state index in [4.69, 9.17) is 4.74 Å². The number of aromatic carboxylic acids is 1. The highest BCUT2D eigenvalue weighted by atomic mass is 32.2. The average Bonchev–Trinajstić information content (AvgIpc) is 2.83. The molecule has 0 saturated heterocycles. The number of hydrogen-bond acceptors (Lipinski definition) is 5. The maximum absolute atomic E-state index is 12.7. The Bertz CT molecular complexity index is 712. The van der Waals surface area contributed by atoms with Crippen LogP contribution in [0.1, 0.15) is 55.8 Å². The fraction of sp³-hybridized carbons (Fsp3) is 0.611. The Balaban J connectivity index is 2.22. The van der Waals surface area contributed by atoms with Crippen molar-refractivity contribution in [1.82, 2.24) is 4.72 Å². The van der Waals surface area contributed by atoms with Crippen molar-refractivity contribution in [3.8, 4) is 0 Å². The van der Waals surface area contributed by atoms with Crippen LogP contribution in [0.2, 0.25) is 0 Å². The lowest BCUT2D eigenvalue weighted by molar-refractivity contribution is 0.0697. The van der Waals surface area contributed by atoms with E-state index in [1.54, 1.807) is 7.11 Å². The second-order valence-electron chi connectivity index (χ2n) is 6.82. The van der Waals surface area contributed by atoms with Crippen molar-refractivity contribution < 1.29 is 23.1 Å². The van der Waals surface area contributed by atoms with Gasteiger partial charge in [-0.05, 0) is 38.0 Å². The third-order valence-corrected chi connectivity index (χ3v) is 6.05. The monoisotopic (exact) mass is 384 g/mol. The summed E-state index contributed by atoms with van der Waals surface area (Å²) >= 11 is 0. The standard InChI is InChI=1S/C18H28N2O5S/c1-13(12-25-2)19-17-10-9-15(11-16(17)18(21)22)26(23,24)20-14-7-5-3-4-6-8-14/h9-11,13-14,19-20H,3-8,12H2,1-2H3,(H,21,22)/t13-/m1/s1. The first-order chi connectivity index (χ1) is 12.3. The third kappa shape index (κ3) is 5.69. The van der Waals surface area contributed by atoms with Gasteiger partial charge >= 0.3 is 5.97 Å². The van der Waals surface area contributed by atoms with Crippen molar-refractivity contribution in [2.75, 3.05) is 19.0 Å². The number of ether oxygens (including phenoxy) is 1. The summed E-state index contributed by atoms with van der Waals surface area (Å²) in [6.45, 7) is 2.26. The van der Waals surface area contributed by atoms with Gasteiger partial charge in [0.2, 0.25) is 10.0 Å². The van der Waals surface area contributed by atoms with Crippen LogP contribution in [-0.4, -0.2) is 45.3 Å². The minimum Gasteiger partial charge on any atom is -0.478 e. The first-order valence-corrected chi connectivity index (χ1v) is 10.5. The molecule has 0 heterocycles. The van der Waals surface area contributed by atoms with Crippen LogP contribution in [0.25, 0.3) is 0 Å². The van der Waals surface area contributed by atoms with Crippen LogP contribution in [0.15, 0.2) is 23.1 Å². The zero-order valence-corrected chi connectivity index (χ0v) is 16.1. The molecule has 8 heteroatoms. The van der Waals surface area contributed by atoms with Crippen molar-refractivity contribution in [3.63, 3.8) is 0 Å². The number of carboxylic acid groups (broad SMARTS) is 1. The molecule has 1 aromatic carbocycles. The van der Waals surface area contributed by atoms with E-state index in [0.717, 1.165) is 38.5 Å². The second-order valence-corrected chi connectivity index (χ2v) is 8.54. The highest BCUT2D eigenvalue weighted by Crippen LogP contribution is 2.24. The van der Waals surface area contributed by atoms with Gasteiger partial charge in [-0.2, -0.15) is 0 Å². The Labute approximate surface area is 155 Å². The first-order valence-electron chi connectivity index (χ1n) is 8.98. The highest BCUT2D eigenvalue weighted by molar-refractivity contribution is 7.89. The quantitative estimate of drug-likeness (QED) is 0.595. The number of hydrogen-bond donors (Lipinski definition) is 3. The van der Waals surface area contributed by atoms with E-state index >= 15 is 0 Å². The third-order valence-electron chi connectivity index (χ3n) is 4.53. The van der Waals surface area contributed by atoms with Crippen LogP contribution in [0.4, 0.5) is 5.69 Å². The maximum Gasteiger partial charge on any atom is 0.337 e. The van der Waals surface area contributed by atoms with Gasteiger partial charge in [0, 0.05) is 24.9 Å². The summed E-state index contributed by atoms with van der Waals surface area (Å²) in [5.41, 5.74) is 0.298. The molecule has 0 bridgehead atoms. The molecule has 26 heavy (non-hydrogen) atoms. The number of carboxylic acids is 1. The fourth-order valence-corrected chi connectivity index (χ4v) is 4.57. The van der Waals surface area contributed by atoms with Crippen LogP contribution in [0, 0.1) is 0 Å². The van der Waals surface area contributed by atoms with Crippen LogP contribution < -0.4 is 10.0 Å². The Morgan fingerprint density at radius 3 is 2.50 bits per heavy atom. The Hall–Kier alpha value is -1.64. The zero-order valence-electron chi connectivity index (χ0n) is 15.3. The van der Waals surface area contributed by atoms with E-state index in [0.29, 0.717) is 12.3 Å². The van der Waals surface area contributed by atoms with Gasteiger partial charge in [0.15, 0.2) is 0 Å². The summed E-state index contributed by atoms with van der Waals surface area (Å²) in [6, 6.07) is 3.95. The fourth-order valence-electron chi connectivity index (χ4n) is 3.24. The van der Waals surface area contributed by atoms with Crippen molar-refractivity contribution >= 4 is 21.7 Å². The number of methoxy groups -OCH3 is 1. The number of anilines is 1. The van der Waals surface area contributed by atoms with Gasteiger partial charge in [-0.3, -0.25) is 0 Å². The van der Waals surface area contributed by atoms with Crippen LogP contribution >= 0.6 is 0 Å². The number of carbonyl (C=O) groups is 1. The molecule has 3 N–H and O–H groups in total. The van der Waals surface area contributed by atoms with E-state index in [-0.39, 0.29) is 22.5 Å². The normalized spacial score (nSPS) is 17.5. The molecule has 1 saturated carbocycles. The highest BCUT2D eigenvalue weighted by Gasteiger charge is 2.23. The summed E-state index contributed by atoms with van der Waals surface area (Å²) in [4.78, 5) is 11.6. The summed E-state index contributed by atoms with van der Waals surface area (Å²) in [5.74, 6) is -1.18. The van der Waals surface area contributed by atoms with Gasteiger partial charge < -0.3 is 15.2 Å². The molecule has 1 aliphatic carbocycles. The minimum absolute atomic E-state index is 0.0240. The predicted octanol–water partition coefficient (Wildman–Crippen LogP) is 2.83. The molecule has 0 amide bonds. The molecule has 0 spiro atoms. The lowest BCUT2D eigenvalue weighted by Crippen LogP contribution is -2.34. The van der Waals surface area contributed by atoms with Gasteiger partial charge in [0.05, 0.1) is 17.1 Å². The van der Waals surface area contributed by atoms with Crippen molar-refractivity contribution in [2.24, 2.45) is 0 Å². The Morgan fingerprint density at radius 1 is 1.27 bits per heavy atom. The Morgan fingerprint density at radius 2 is 1.92 bits per heavy atom. The number of nitrogens with one attached hydrogen (secondary N) is 2. The van der Waals surface area contributed by atoms with Gasteiger partial charge in [0.1, 0.15) is 0 Å². The van der Waals surface area contributed by atoms with E-state index in [1.807, 2.05) is 6.92 Å². The van der Waals surface area contributed by atoms with Gasteiger partial charge in [-0.25, -0.2) is 17.9 Å². The van der Waals surface area contributed by atoms with Crippen LogP contribution in [-0.2, 0) is 14.8 Å². The van der Waals surface area contributed by atoms with E-state index in [9.17, 15) is 18.3 Å². The van der Waals surface area contributed by atoms with Crippen molar-refractivity contribution in [1.29, 1.82) is 0 Å². The number of benzene rings is 1. The summed E-state index contributed by atoms with van der Waals surface area (Å²) in [5, 5.41) is 12.5. The summed E-state index contributed by atoms with van der Waals surface area (Å²) in [6.07, 6.45) is 5.91. The average molecular weight is 384 g/mol. The lowest BCUT2D eigenvalue weighted by Gasteiger charge is -2.19. The molecule has 0 radical (unpaired) electrons. The van der Waals surface area contributed by atoms with Crippen LogP contribution in [0.3, 0.4) is 0 Å². The second kappa shape index (κ2) is 9.34. The molecule has 1 fully saturated rings. The van der Waals surface area contributed by atoms with E-state index in [1.165, 1.54) is 18.2 Å². The van der Waals surface area contributed by atoms with Crippen molar-refractivity contribution in [3.05, 3.63) is 23.8 Å². The molecule has 0 unspecified atom stereocenters. The first kappa shape index (κ1) is 20.7. The molecule has 0 aromatic heterocycles. The molecule has 2 rings (SSSR count). The molecule has 1 aliphatic rings. The topological polar surface area (TPSA) is 105 Å². The molecule has 7 nitrogen and oxygen atoms in total. The minimum atomic E-state index is -3.75. The molecular weight excluding hydrogens is 356 g/mol. The smallest absolute Gasteiger partial charge is 0.337 e. The number of sulfonamides is 1. The molecule has 1 aromatic rings. The lowest BCUT2D eigenvalue weighted by atomic mass is 10.1. The van der Waals surface area contributed by atoms with Gasteiger partial charge in [-0.15, -0.1) is 0 Å². The predicted molar refractivity (Wildman–Crippen MR) is 100 cm³/mol. The molecular formula is C18H28N2O5S. The van der Waals surface area contributed by atoms with Crippen molar-refractivity contribution in [2.45, 2.75) is 62.4 Å². The van der Waals surface area contributed by atoms with Gasteiger partial charge in [-0.1, -0.05) is 25.7 Å². The summed E-state index contributed by atoms with van der Waals surface area (Å²) in [7, 11) is -2.19. The number of rotatable bonds is 8. The SMILES string of the molecule is COC[C@@H](C)Nc1ccc(S(=O)(=O)NC2CCCCCC2)cc1C(=O)O. The maximum atomic E-state index is 12.7. The van der Waals surface area contributed by atoms with Crippen LogP contribution in [0.5, 0.6) is 0 Å². The molecule has 146 valence electrons. The van der Waals surface area contributed by atoms with E-state index in [2.05, 4.69) is 10.0 Å². The molecule has 1 atom stereocenters. The summed E-state index contributed by atoms with van der Waals surface area (Å²) < 4.78 is 33.1. The van der Waals surface area contributed by atoms with E-state index < -0.39 is 16.0 Å². The largest absolute Gasteiger partial charge is 0.478 e. The Kier molecular flexibility index (Phi) is 7.43. The zero-order chi connectivity index (χ0) is 19.2. The molecule has 0 aliphatic heterocycles.